The third-order valence-corrected chi connectivity index (χ3v) is 8.90. The van der Waals surface area contributed by atoms with Gasteiger partial charge in [0.05, 0.1) is 41.7 Å². The molecule has 0 aromatic heterocycles. The van der Waals surface area contributed by atoms with Crippen LogP contribution in [-0.4, -0.2) is 78.5 Å². The van der Waals surface area contributed by atoms with Crippen LogP contribution >= 0.6 is 0 Å². The highest BCUT2D eigenvalue weighted by molar-refractivity contribution is 7.91. The molecule has 3 aromatic carbocycles. The van der Waals surface area contributed by atoms with Crippen molar-refractivity contribution in [3.63, 3.8) is 0 Å². The number of carboxylic acid groups (broad SMARTS) is 1. The van der Waals surface area contributed by atoms with Crippen LogP contribution in [0.5, 0.6) is 11.5 Å². The lowest BCUT2D eigenvalue weighted by Gasteiger charge is -2.20. The van der Waals surface area contributed by atoms with Crippen molar-refractivity contribution in [3.8, 4) is 11.5 Å². The zero-order valence-corrected chi connectivity index (χ0v) is 31.1. The third-order valence-electron chi connectivity index (χ3n) is 8.04. The van der Waals surface area contributed by atoms with Crippen molar-refractivity contribution in [3.05, 3.63) is 93.9 Å². The van der Waals surface area contributed by atoms with Gasteiger partial charge in [-0.15, -0.1) is 15.3 Å². The molecule has 0 radical (unpaired) electrons. The number of carboxylic acids is 1. The Morgan fingerprint density at radius 2 is 1.59 bits per heavy atom. The number of ether oxygens (including phenoxy) is 2. The number of hydrogen-bond donors (Lipinski definition) is 7. The molecule has 0 spiro atoms. The topological polar surface area (TPSA) is 310 Å². The van der Waals surface area contributed by atoms with E-state index in [4.69, 9.17) is 15.2 Å². The molecule has 0 bridgehead atoms. The summed E-state index contributed by atoms with van der Waals surface area (Å²) in [4.78, 5) is 53.1. The number of allylic oxidation sites excluding steroid dienone is 4. The second kappa shape index (κ2) is 16.9. The van der Waals surface area contributed by atoms with Crippen LogP contribution < -0.4 is 36.8 Å². The maximum atomic E-state index is 13.8. The lowest BCUT2D eigenvalue weighted by atomic mass is 9.92. The highest BCUT2D eigenvalue weighted by Gasteiger charge is 2.35. The predicted molar refractivity (Wildman–Crippen MR) is 214 cm³/mol. The minimum absolute atomic E-state index is 0.00223. The molecule has 296 valence electrons. The quantitative estimate of drug-likeness (QED) is 0.0393. The Kier molecular flexibility index (Phi) is 11.6. The maximum absolute atomic E-state index is 13.8. The first-order valence-electron chi connectivity index (χ1n) is 16.9. The summed E-state index contributed by atoms with van der Waals surface area (Å²) in [5, 5.41) is 31.3. The summed E-state index contributed by atoms with van der Waals surface area (Å²) in [5.41, 5.74) is 14.3. The largest absolute Gasteiger partial charge is 0.492 e. The Morgan fingerprint density at radius 3 is 2.24 bits per heavy atom. The molecule has 2 aliphatic carbocycles. The summed E-state index contributed by atoms with van der Waals surface area (Å²) in [5.74, 6) is -3.25. The number of carbonyl (C=O) groups excluding carboxylic acids is 3. The summed E-state index contributed by atoms with van der Waals surface area (Å²) < 4.78 is 47.0. The van der Waals surface area contributed by atoms with Crippen LogP contribution in [0.25, 0.3) is 6.08 Å². The van der Waals surface area contributed by atoms with Crippen LogP contribution in [-0.2, 0) is 19.7 Å². The zero-order valence-electron chi connectivity index (χ0n) is 30.2. The predicted octanol–water partition coefficient (Wildman–Crippen LogP) is 4.31. The van der Waals surface area contributed by atoms with E-state index >= 15 is 0 Å². The number of ketones is 2. The molecule has 58 heavy (non-hydrogen) atoms. The number of amides is 1. The molecule has 1 aliphatic heterocycles. The highest BCUT2D eigenvalue weighted by Crippen LogP contribution is 2.39. The lowest BCUT2D eigenvalue weighted by molar-refractivity contribution is -0.134. The number of rotatable bonds is 14. The van der Waals surface area contributed by atoms with E-state index in [-0.39, 0.29) is 75.8 Å². The van der Waals surface area contributed by atoms with Gasteiger partial charge in [0.25, 0.3) is 22.0 Å². The first-order valence-corrected chi connectivity index (χ1v) is 18.3. The SMILES string of the molecule is CCOc1cc(NC(=O)c2ccc(NN=C3C=CC(=O)C(C(=O)O)=C3)cc2)c(OCC)cc1NN=C1C(=O)c2ccc(N)c(NN=C3N=CN=N3)c2C=C1S(=O)(=O)O. The molecule has 0 atom stereocenters. The van der Waals surface area contributed by atoms with Crippen molar-refractivity contribution in [1.29, 1.82) is 0 Å². The second-order valence-electron chi connectivity index (χ2n) is 11.8. The Morgan fingerprint density at radius 1 is 0.879 bits per heavy atom. The van der Waals surface area contributed by atoms with Gasteiger partial charge in [-0.25, -0.2) is 4.79 Å². The van der Waals surface area contributed by atoms with E-state index in [2.05, 4.69) is 52.1 Å². The molecule has 3 aliphatic rings. The van der Waals surface area contributed by atoms with E-state index in [0.29, 0.717) is 5.69 Å². The molecule has 6 rings (SSSR count). The molecule has 1 amide bonds. The minimum Gasteiger partial charge on any atom is -0.492 e. The van der Waals surface area contributed by atoms with Crippen molar-refractivity contribution in [2.24, 2.45) is 30.5 Å². The van der Waals surface area contributed by atoms with Crippen molar-refractivity contribution < 1.29 is 46.7 Å². The number of hydrogen-bond acceptors (Lipinski definition) is 16. The summed E-state index contributed by atoms with van der Waals surface area (Å²) >= 11 is 0. The van der Waals surface area contributed by atoms with Gasteiger partial charge < -0.3 is 25.6 Å². The van der Waals surface area contributed by atoms with Crippen LogP contribution in [0, 0.1) is 0 Å². The van der Waals surface area contributed by atoms with Crippen molar-refractivity contribution in [2.45, 2.75) is 13.8 Å². The summed E-state index contributed by atoms with van der Waals surface area (Å²) in [6, 6.07) is 11.7. The second-order valence-corrected chi connectivity index (χ2v) is 13.2. The third kappa shape index (κ3) is 8.82. The molecule has 21 nitrogen and oxygen atoms in total. The molecular weight excluding hydrogens is 779 g/mol. The van der Waals surface area contributed by atoms with Gasteiger partial charge in [0.1, 0.15) is 34.0 Å². The van der Waals surface area contributed by atoms with Gasteiger partial charge in [-0.05, 0) is 74.5 Å². The van der Waals surface area contributed by atoms with Crippen LogP contribution in [0.3, 0.4) is 0 Å². The first-order chi connectivity index (χ1) is 27.8. The number of nitrogens with one attached hydrogen (secondary N) is 4. The van der Waals surface area contributed by atoms with Crippen LogP contribution in [0.4, 0.5) is 28.4 Å². The number of nitrogen functional groups attached to an aromatic ring is 1. The Hall–Kier alpha value is -7.85. The molecule has 22 heteroatoms. The van der Waals surface area contributed by atoms with Gasteiger partial charge in [-0.1, -0.05) is 0 Å². The molecule has 0 unspecified atom stereocenters. The van der Waals surface area contributed by atoms with Gasteiger partial charge in [0.2, 0.25) is 5.78 Å². The normalized spacial score (nSPS) is 16.6. The highest BCUT2D eigenvalue weighted by atomic mass is 32.2. The van der Waals surface area contributed by atoms with Gasteiger partial charge in [0.15, 0.2) is 11.5 Å². The number of azo groups is 1. The van der Waals surface area contributed by atoms with Gasteiger partial charge in [0, 0.05) is 28.8 Å². The van der Waals surface area contributed by atoms with Crippen LogP contribution in [0.2, 0.25) is 0 Å². The van der Waals surface area contributed by atoms with Crippen molar-refractivity contribution in [2.75, 3.05) is 40.5 Å². The van der Waals surface area contributed by atoms with Gasteiger partial charge in [-0.2, -0.15) is 23.6 Å². The Labute approximate surface area is 328 Å². The van der Waals surface area contributed by atoms with E-state index in [9.17, 15) is 37.3 Å². The lowest BCUT2D eigenvalue weighted by Crippen LogP contribution is -2.27. The number of benzene rings is 3. The number of nitrogens with zero attached hydrogens (tertiary/aromatic N) is 6. The molecule has 0 saturated carbocycles. The monoisotopic (exact) mass is 809 g/mol. The van der Waals surface area contributed by atoms with Crippen LogP contribution in [0.1, 0.15) is 40.1 Å². The van der Waals surface area contributed by atoms with E-state index in [1.807, 2.05) is 0 Å². The number of fused-ring (bicyclic) bond motifs is 1. The molecule has 0 fully saturated rings. The van der Waals surface area contributed by atoms with Crippen molar-refractivity contribution >= 4 is 91.8 Å². The van der Waals surface area contributed by atoms with E-state index < -0.39 is 49.8 Å². The Bertz CT molecular complexity index is 2600. The van der Waals surface area contributed by atoms with Gasteiger partial charge >= 0.3 is 5.97 Å². The van der Waals surface area contributed by atoms with Crippen molar-refractivity contribution in [1.82, 2.24) is 0 Å². The smallest absolute Gasteiger partial charge is 0.339 e. The number of Topliss-reactive ketones (excluding diaryl/α,β-unsaturated/α-hetero) is 1. The fourth-order valence-corrected chi connectivity index (χ4v) is 6.02. The number of aliphatic imine (C=N–C) groups is 1. The van der Waals surface area contributed by atoms with E-state index in [0.717, 1.165) is 24.6 Å². The van der Waals surface area contributed by atoms with Crippen LogP contribution in [0.15, 0.2) is 108 Å². The number of nitrogens with two attached hydrogens (primary N) is 1. The summed E-state index contributed by atoms with van der Waals surface area (Å²) in [6.07, 6.45) is 5.75. The van der Waals surface area contributed by atoms with Gasteiger partial charge in [-0.3, -0.25) is 35.2 Å². The molecule has 8 N–H and O–H groups in total. The summed E-state index contributed by atoms with van der Waals surface area (Å²) in [7, 11) is -5.06. The fourth-order valence-electron chi connectivity index (χ4n) is 5.37. The first kappa shape index (κ1) is 39.8. The average Bonchev–Trinajstić information content (AvgIpc) is 3.71. The van der Waals surface area contributed by atoms with E-state index in [1.165, 1.54) is 42.5 Å². The Balaban J connectivity index is 1.25. The number of guanidine groups is 1. The maximum Gasteiger partial charge on any atom is 0.339 e. The number of anilines is 5. The molecule has 0 saturated heterocycles. The number of carbonyl (C=O) groups is 4. The number of aliphatic carboxylic acids is 1. The molecule has 3 aromatic rings. The van der Waals surface area contributed by atoms with E-state index in [1.54, 1.807) is 26.0 Å². The minimum atomic E-state index is -5.06. The zero-order chi connectivity index (χ0) is 41.6. The fraction of sp³-hybridized carbons (Fsp3) is 0.111. The average molecular weight is 810 g/mol. The summed E-state index contributed by atoms with van der Waals surface area (Å²) in [6.45, 7) is 3.70. The molecule has 1 heterocycles. The number of hydrazone groups is 3. The standard InChI is InChI=1S/C36H31N11O10S/c1-3-56-28-16-26(43-45-32-30(58(53,54)55)14-22-21(33(32)49)10-11-24(37)31(22)44-47-36-38-17-39-46-36)29(57-4-2)15-25(28)40-34(50)18-5-7-19(8-6-18)41-42-20-9-12-27(48)23(13-20)35(51)52/h5-17,41,43-44H,3-4,37H2,1-2H3,(H,40,50)(H,51,52)(H,53,54,55). The molecular formula is C36H31N11O10S.